The monoisotopic (exact) mass is 323 g/mol. The molecule has 2 amide bonds. The van der Waals surface area contributed by atoms with E-state index >= 15 is 0 Å². The third kappa shape index (κ3) is 3.46. The molecule has 5 nitrogen and oxygen atoms in total. The molecule has 0 saturated carbocycles. The second-order valence-electron chi connectivity index (χ2n) is 6.21. The lowest BCUT2D eigenvalue weighted by Gasteiger charge is -2.44. The fourth-order valence-electron chi connectivity index (χ4n) is 2.86. The van der Waals surface area contributed by atoms with Gasteiger partial charge in [-0.15, -0.1) is 0 Å². The SMILES string of the molecule is CN(Cc1ccccc1)C1CN(C(=O)c2ccc(C(N)=O)cc2)C1. The Morgan fingerprint density at radius 1 is 1.04 bits per heavy atom. The number of nitrogens with zero attached hydrogens (tertiary/aromatic N) is 2. The van der Waals surface area contributed by atoms with Gasteiger partial charge in [0.25, 0.3) is 5.91 Å². The zero-order valence-corrected chi connectivity index (χ0v) is 13.7. The van der Waals surface area contributed by atoms with Gasteiger partial charge in [0.2, 0.25) is 5.91 Å². The Labute approximate surface area is 141 Å². The normalized spacial score (nSPS) is 14.5. The predicted molar refractivity (Wildman–Crippen MR) is 92.6 cm³/mol. The molecule has 0 radical (unpaired) electrons. The molecule has 5 heteroatoms. The number of hydrogen-bond acceptors (Lipinski definition) is 3. The number of hydrogen-bond donors (Lipinski definition) is 1. The number of amides is 2. The highest BCUT2D eigenvalue weighted by molar-refractivity contribution is 5.97. The third-order valence-corrected chi connectivity index (χ3v) is 4.46. The van der Waals surface area contributed by atoms with Crippen molar-refractivity contribution in [3.8, 4) is 0 Å². The van der Waals surface area contributed by atoms with Crippen LogP contribution in [0.25, 0.3) is 0 Å². The Morgan fingerprint density at radius 3 is 2.21 bits per heavy atom. The summed E-state index contributed by atoms with van der Waals surface area (Å²) in [6.45, 7) is 2.32. The van der Waals surface area contributed by atoms with Crippen molar-refractivity contribution in [3.63, 3.8) is 0 Å². The summed E-state index contributed by atoms with van der Waals surface area (Å²) < 4.78 is 0. The number of likely N-dealkylation sites (N-methyl/N-ethyl adjacent to an activating group) is 1. The van der Waals surface area contributed by atoms with Crippen LogP contribution in [0.5, 0.6) is 0 Å². The van der Waals surface area contributed by atoms with E-state index in [1.54, 1.807) is 24.3 Å². The maximum Gasteiger partial charge on any atom is 0.253 e. The molecule has 0 aliphatic carbocycles. The summed E-state index contributed by atoms with van der Waals surface area (Å²) in [6, 6.07) is 17.2. The van der Waals surface area contributed by atoms with Gasteiger partial charge in [-0.25, -0.2) is 0 Å². The van der Waals surface area contributed by atoms with Gasteiger partial charge in [-0.3, -0.25) is 14.5 Å². The molecule has 124 valence electrons. The zero-order valence-electron chi connectivity index (χ0n) is 13.7. The van der Waals surface area contributed by atoms with Crippen molar-refractivity contribution in [1.82, 2.24) is 9.80 Å². The van der Waals surface area contributed by atoms with E-state index in [-0.39, 0.29) is 5.91 Å². The molecule has 0 unspecified atom stereocenters. The van der Waals surface area contributed by atoms with E-state index in [1.165, 1.54) is 5.56 Å². The van der Waals surface area contributed by atoms with Crippen LogP contribution in [0.4, 0.5) is 0 Å². The Morgan fingerprint density at radius 2 is 1.62 bits per heavy atom. The van der Waals surface area contributed by atoms with E-state index in [4.69, 9.17) is 5.73 Å². The van der Waals surface area contributed by atoms with Crippen molar-refractivity contribution in [2.45, 2.75) is 12.6 Å². The molecule has 24 heavy (non-hydrogen) atoms. The fraction of sp³-hybridized carbons (Fsp3) is 0.263. The molecule has 1 saturated heterocycles. The van der Waals surface area contributed by atoms with E-state index in [0.29, 0.717) is 17.2 Å². The molecule has 2 N–H and O–H groups in total. The van der Waals surface area contributed by atoms with Crippen LogP contribution in [0.2, 0.25) is 0 Å². The second-order valence-corrected chi connectivity index (χ2v) is 6.21. The number of carbonyl (C=O) groups is 2. The van der Waals surface area contributed by atoms with Gasteiger partial charge in [0, 0.05) is 36.8 Å². The molecule has 0 atom stereocenters. The fourth-order valence-corrected chi connectivity index (χ4v) is 2.86. The molecular weight excluding hydrogens is 302 g/mol. The quantitative estimate of drug-likeness (QED) is 0.911. The van der Waals surface area contributed by atoms with Gasteiger partial charge < -0.3 is 10.6 Å². The Balaban J connectivity index is 1.54. The van der Waals surface area contributed by atoms with Gasteiger partial charge in [0.05, 0.1) is 0 Å². The first-order valence-corrected chi connectivity index (χ1v) is 7.98. The first kappa shape index (κ1) is 16.2. The molecule has 0 spiro atoms. The lowest BCUT2D eigenvalue weighted by atomic mass is 10.0. The second kappa shape index (κ2) is 6.84. The topological polar surface area (TPSA) is 66.6 Å². The van der Waals surface area contributed by atoms with Crippen LogP contribution in [0, 0.1) is 0 Å². The first-order valence-electron chi connectivity index (χ1n) is 7.98. The smallest absolute Gasteiger partial charge is 0.253 e. The lowest BCUT2D eigenvalue weighted by molar-refractivity contribution is 0.0321. The summed E-state index contributed by atoms with van der Waals surface area (Å²) in [5.41, 5.74) is 7.48. The lowest BCUT2D eigenvalue weighted by Crippen LogP contribution is -2.59. The third-order valence-electron chi connectivity index (χ3n) is 4.46. The minimum Gasteiger partial charge on any atom is -0.366 e. The minimum atomic E-state index is -0.486. The number of rotatable bonds is 5. The van der Waals surface area contributed by atoms with Gasteiger partial charge in [0.15, 0.2) is 0 Å². The van der Waals surface area contributed by atoms with E-state index in [2.05, 4.69) is 24.1 Å². The molecule has 2 aromatic rings. The van der Waals surface area contributed by atoms with Crippen LogP contribution in [0.15, 0.2) is 54.6 Å². The molecular formula is C19H21N3O2. The number of primary amides is 1. The van der Waals surface area contributed by atoms with Gasteiger partial charge in [0.1, 0.15) is 0 Å². The average Bonchev–Trinajstić information content (AvgIpc) is 2.54. The van der Waals surface area contributed by atoms with Crippen molar-refractivity contribution >= 4 is 11.8 Å². The van der Waals surface area contributed by atoms with Crippen LogP contribution in [0.1, 0.15) is 26.3 Å². The largest absolute Gasteiger partial charge is 0.366 e. The van der Waals surface area contributed by atoms with Crippen LogP contribution >= 0.6 is 0 Å². The molecule has 1 aliphatic heterocycles. The molecule has 1 aliphatic rings. The Hall–Kier alpha value is -2.66. The summed E-state index contributed by atoms with van der Waals surface area (Å²) in [4.78, 5) is 27.6. The van der Waals surface area contributed by atoms with Crippen molar-refractivity contribution in [3.05, 3.63) is 71.3 Å². The van der Waals surface area contributed by atoms with Crippen molar-refractivity contribution in [2.24, 2.45) is 5.73 Å². The number of nitrogens with two attached hydrogens (primary N) is 1. The van der Waals surface area contributed by atoms with Crippen LogP contribution < -0.4 is 5.73 Å². The highest BCUT2D eigenvalue weighted by Crippen LogP contribution is 2.19. The van der Waals surface area contributed by atoms with Crippen LogP contribution in [0.3, 0.4) is 0 Å². The zero-order chi connectivity index (χ0) is 17.1. The summed E-state index contributed by atoms with van der Waals surface area (Å²) in [5.74, 6) is -0.490. The van der Waals surface area contributed by atoms with Gasteiger partial charge in [-0.2, -0.15) is 0 Å². The van der Waals surface area contributed by atoms with E-state index in [0.717, 1.165) is 19.6 Å². The highest BCUT2D eigenvalue weighted by Gasteiger charge is 2.33. The van der Waals surface area contributed by atoms with Gasteiger partial charge >= 0.3 is 0 Å². The van der Waals surface area contributed by atoms with E-state index in [1.807, 2.05) is 23.1 Å². The van der Waals surface area contributed by atoms with E-state index < -0.39 is 5.91 Å². The molecule has 0 bridgehead atoms. The van der Waals surface area contributed by atoms with Crippen LogP contribution in [-0.2, 0) is 6.54 Å². The molecule has 2 aromatic carbocycles. The Bertz CT molecular complexity index is 722. The van der Waals surface area contributed by atoms with E-state index in [9.17, 15) is 9.59 Å². The van der Waals surface area contributed by atoms with Gasteiger partial charge in [-0.05, 0) is 36.9 Å². The highest BCUT2D eigenvalue weighted by atomic mass is 16.2. The standard InChI is InChI=1S/C19H21N3O2/c1-21(11-14-5-3-2-4-6-14)17-12-22(13-17)19(24)16-9-7-15(8-10-16)18(20)23/h2-10,17H,11-13H2,1H3,(H2,20,23). The first-order chi connectivity index (χ1) is 11.5. The maximum absolute atomic E-state index is 12.4. The van der Waals surface area contributed by atoms with Crippen LogP contribution in [-0.4, -0.2) is 47.8 Å². The predicted octanol–water partition coefficient (Wildman–Crippen LogP) is 1.74. The minimum absolute atomic E-state index is 0.00428. The summed E-state index contributed by atoms with van der Waals surface area (Å²) in [6.07, 6.45) is 0. The molecule has 0 aromatic heterocycles. The Kier molecular flexibility index (Phi) is 4.62. The average molecular weight is 323 g/mol. The molecule has 1 heterocycles. The van der Waals surface area contributed by atoms with Crippen molar-refractivity contribution in [1.29, 1.82) is 0 Å². The molecule has 1 fully saturated rings. The molecule has 3 rings (SSSR count). The van der Waals surface area contributed by atoms with Crippen molar-refractivity contribution < 1.29 is 9.59 Å². The number of carbonyl (C=O) groups excluding carboxylic acids is 2. The summed E-state index contributed by atoms with van der Waals surface area (Å²) in [5, 5.41) is 0. The summed E-state index contributed by atoms with van der Waals surface area (Å²) in [7, 11) is 2.08. The number of benzene rings is 2. The van der Waals surface area contributed by atoms with Crippen molar-refractivity contribution in [2.75, 3.05) is 20.1 Å². The van der Waals surface area contributed by atoms with Gasteiger partial charge in [-0.1, -0.05) is 30.3 Å². The summed E-state index contributed by atoms with van der Waals surface area (Å²) >= 11 is 0. The number of likely N-dealkylation sites (tertiary alicyclic amines) is 1. The maximum atomic E-state index is 12.4.